The van der Waals surface area contributed by atoms with Crippen LogP contribution in [0.3, 0.4) is 0 Å². The minimum Gasteiger partial charge on any atom is -0.352 e. The summed E-state index contributed by atoms with van der Waals surface area (Å²) in [5, 5.41) is 6.25. The highest BCUT2D eigenvalue weighted by Crippen LogP contribution is 2.24. The second kappa shape index (κ2) is 8.57. The van der Waals surface area contributed by atoms with Crippen LogP contribution in [0, 0.1) is 5.92 Å². The van der Waals surface area contributed by atoms with Gasteiger partial charge in [0.05, 0.1) is 16.7 Å². The van der Waals surface area contributed by atoms with Crippen molar-refractivity contribution in [2.75, 3.05) is 5.32 Å². The van der Waals surface area contributed by atoms with Gasteiger partial charge in [0.25, 0.3) is 5.91 Å². The van der Waals surface area contributed by atoms with Crippen LogP contribution in [0.25, 0.3) is 11.0 Å². The van der Waals surface area contributed by atoms with E-state index in [1.807, 2.05) is 12.1 Å². The van der Waals surface area contributed by atoms with Gasteiger partial charge in [0.15, 0.2) is 5.82 Å². The number of fused-ring (bicyclic) bond motifs is 1. The maximum Gasteiger partial charge on any atom is 0.256 e. The van der Waals surface area contributed by atoms with Crippen molar-refractivity contribution in [3.8, 4) is 0 Å². The van der Waals surface area contributed by atoms with Gasteiger partial charge in [-0.05, 0) is 42.7 Å². The van der Waals surface area contributed by atoms with Crippen LogP contribution < -0.4 is 10.6 Å². The highest BCUT2D eigenvalue weighted by atomic mass is 35.5. The second-order valence-corrected chi connectivity index (χ2v) is 7.62. The average Bonchev–Trinajstić information content (AvgIpc) is 3.27. The van der Waals surface area contributed by atoms with Crippen LogP contribution in [0.5, 0.6) is 0 Å². The van der Waals surface area contributed by atoms with E-state index in [4.69, 9.17) is 11.6 Å². The molecule has 2 N–H and O–H groups in total. The molecule has 0 aliphatic heterocycles. The van der Waals surface area contributed by atoms with E-state index in [1.54, 1.807) is 30.3 Å². The van der Waals surface area contributed by atoms with Gasteiger partial charge in [0, 0.05) is 18.0 Å². The van der Waals surface area contributed by atoms with E-state index in [0.717, 1.165) is 31.2 Å². The average molecular weight is 409 g/mol. The zero-order valence-corrected chi connectivity index (χ0v) is 16.6. The van der Waals surface area contributed by atoms with Gasteiger partial charge in [-0.2, -0.15) is 0 Å². The normalized spacial score (nSPS) is 14.1. The Hall–Kier alpha value is -2.99. The fraction of sp³-hybridized carbons (Fsp3) is 0.273. The van der Waals surface area contributed by atoms with Crippen molar-refractivity contribution >= 4 is 40.3 Å². The number of halogens is 1. The van der Waals surface area contributed by atoms with Crippen molar-refractivity contribution in [3.63, 3.8) is 0 Å². The number of hydrogen-bond donors (Lipinski definition) is 2. The van der Waals surface area contributed by atoms with Gasteiger partial charge in [-0.25, -0.2) is 9.97 Å². The molecule has 1 aliphatic carbocycles. The van der Waals surface area contributed by atoms with Gasteiger partial charge in [0.2, 0.25) is 5.91 Å². The molecule has 0 radical (unpaired) electrons. The summed E-state index contributed by atoms with van der Waals surface area (Å²) in [4.78, 5) is 33.3. The first-order valence-electron chi connectivity index (χ1n) is 9.69. The van der Waals surface area contributed by atoms with Crippen LogP contribution >= 0.6 is 11.6 Å². The van der Waals surface area contributed by atoms with Crippen molar-refractivity contribution in [2.24, 2.45) is 5.92 Å². The number of carbonyl (C=O) groups excluding carboxylic acids is 2. The number of rotatable bonds is 5. The van der Waals surface area contributed by atoms with E-state index in [2.05, 4.69) is 20.6 Å². The standard InChI is InChI=1S/C22H21ClN4O2/c23-17-6-3-7-18-20(17)24-13-19(26-18)27-22(29)16-10-8-14(9-11-16)12-25-21(28)15-4-1-2-5-15/h3,6-11,13,15H,1-2,4-5,12H2,(H,25,28)(H,26,27,29). The number of aromatic nitrogens is 2. The molecule has 1 heterocycles. The summed E-state index contributed by atoms with van der Waals surface area (Å²) in [6.45, 7) is 0.466. The summed E-state index contributed by atoms with van der Waals surface area (Å²) in [7, 11) is 0. The zero-order chi connectivity index (χ0) is 20.2. The summed E-state index contributed by atoms with van der Waals surface area (Å²) >= 11 is 6.09. The molecule has 0 bridgehead atoms. The van der Waals surface area contributed by atoms with Crippen molar-refractivity contribution in [1.82, 2.24) is 15.3 Å². The Bertz CT molecular complexity index is 1050. The van der Waals surface area contributed by atoms with Crippen LogP contribution in [0.1, 0.15) is 41.6 Å². The maximum atomic E-state index is 12.5. The molecule has 1 aliphatic rings. The van der Waals surface area contributed by atoms with Crippen LogP contribution in [0.15, 0.2) is 48.7 Å². The van der Waals surface area contributed by atoms with E-state index in [1.165, 1.54) is 6.20 Å². The number of amides is 2. The fourth-order valence-electron chi connectivity index (χ4n) is 3.55. The Labute approximate surface area is 173 Å². The molecule has 0 atom stereocenters. The molecule has 2 amide bonds. The monoisotopic (exact) mass is 408 g/mol. The Morgan fingerprint density at radius 1 is 1.07 bits per heavy atom. The van der Waals surface area contributed by atoms with Crippen LogP contribution in [0.4, 0.5) is 5.82 Å². The van der Waals surface area contributed by atoms with Gasteiger partial charge in [-0.15, -0.1) is 0 Å². The van der Waals surface area contributed by atoms with Gasteiger partial charge in [0.1, 0.15) is 5.52 Å². The lowest BCUT2D eigenvalue weighted by atomic mass is 10.1. The third kappa shape index (κ3) is 4.54. The summed E-state index contributed by atoms with van der Waals surface area (Å²) in [5.74, 6) is 0.359. The highest BCUT2D eigenvalue weighted by molar-refractivity contribution is 6.34. The van der Waals surface area contributed by atoms with E-state index < -0.39 is 0 Å². The molecule has 148 valence electrons. The molecular formula is C22H21ClN4O2. The van der Waals surface area contributed by atoms with Gasteiger partial charge in [-0.3, -0.25) is 9.59 Å². The molecule has 1 aromatic heterocycles. The first-order valence-corrected chi connectivity index (χ1v) is 10.1. The first-order chi connectivity index (χ1) is 14.1. The van der Waals surface area contributed by atoms with Crippen molar-refractivity contribution in [3.05, 3.63) is 64.8 Å². The zero-order valence-electron chi connectivity index (χ0n) is 15.8. The number of para-hydroxylation sites is 1. The predicted octanol–water partition coefficient (Wildman–Crippen LogP) is 4.34. The predicted molar refractivity (Wildman–Crippen MR) is 113 cm³/mol. The van der Waals surface area contributed by atoms with Crippen molar-refractivity contribution in [1.29, 1.82) is 0 Å². The molecule has 4 rings (SSSR count). The topological polar surface area (TPSA) is 84.0 Å². The van der Waals surface area contributed by atoms with Crippen molar-refractivity contribution < 1.29 is 9.59 Å². The minimum atomic E-state index is -0.276. The molecule has 0 saturated heterocycles. The maximum absolute atomic E-state index is 12.5. The van der Waals surface area contributed by atoms with Gasteiger partial charge in [-0.1, -0.05) is 42.6 Å². The molecule has 29 heavy (non-hydrogen) atoms. The lowest BCUT2D eigenvalue weighted by molar-refractivity contribution is -0.124. The van der Waals surface area contributed by atoms with Gasteiger partial charge < -0.3 is 10.6 Å². The molecule has 0 spiro atoms. The Morgan fingerprint density at radius 3 is 2.59 bits per heavy atom. The van der Waals surface area contributed by atoms with Crippen molar-refractivity contribution in [2.45, 2.75) is 32.2 Å². The number of nitrogens with zero attached hydrogens (tertiary/aromatic N) is 2. The number of anilines is 1. The number of carbonyl (C=O) groups is 2. The van der Waals surface area contributed by atoms with E-state index in [0.29, 0.717) is 34.0 Å². The Balaban J connectivity index is 1.37. The Kier molecular flexibility index (Phi) is 5.71. The van der Waals surface area contributed by atoms with E-state index in [9.17, 15) is 9.59 Å². The first kappa shape index (κ1) is 19.3. The molecule has 6 nitrogen and oxygen atoms in total. The number of benzene rings is 2. The van der Waals surface area contributed by atoms with Crippen LogP contribution in [0.2, 0.25) is 5.02 Å². The largest absolute Gasteiger partial charge is 0.352 e. The van der Waals surface area contributed by atoms with E-state index in [-0.39, 0.29) is 17.7 Å². The lowest BCUT2D eigenvalue weighted by Crippen LogP contribution is -2.28. The SMILES string of the molecule is O=C(Nc1cnc2c(Cl)cccc2n1)c1ccc(CNC(=O)C2CCCC2)cc1. The molecular weight excluding hydrogens is 388 g/mol. The van der Waals surface area contributed by atoms with E-state index >= 15 is 0 Å². The smallest absolute Gasteiger partial charge is 0.256 e. The summed E-state index contributed by atoms with van der Waals surface area (Å²) in [5.41, 5.74) is 2.66. The number of nitrogens with one attached hydrogen (secondary N) is 2. The molecule has 1 saturated carbocycles. The number of hydrogen-bond acceptors (Lipinski definition) is 4. The van der Waals surface area contributed by atoms with Gasteiger partial charge >= 0.3 is 0 Å². The lowest BCUT2D eigenvalue weighted by Gasteiger charge is -2.11. The quantitative estimate of drug-likeness (QED) is 0.657. The molecule has 0 unspecified atom stereocenters. The summed E-state index contributed by atoms with van der Waals surface area (Å²) in [6.07, 6.45) is 5.72. The summed E-state index contributed by atoms with van der Waals surface area (Å²) < 4.78 is 0. The second-order valence-electron chi connectivity index (χ2n) is 7.21. The highest BCUT2D eigenvalue weighted by Gasteiger charge is 2.22. The molecule has 7 heteroatoms. The summed E-state index contributed by atoms with van der Waals surface area (Å²) in [6, 6.07) is 12.5. The Morgan fingerprint density at radius 2 is 1.83 bits per heavy atom. The molecule has 1 fully saturated rings. The third-order valence-corrected chi connectivity index (χ3v) is 5.48. The molecule has 3 aromatic rings. The van der Waals surface area contributed by atoms with Crippen LogP contribution in [-0.2, 0) is 11.3 Å². The minimum absolute atomic E-state index is 0.124. The molecule has 2 aromatic carbocycles. The fourth-order valence-corrected chi connectivity index (χ4v) is 3.77. The third-order valence-electron chi connectivity index (χ3n) is 5.17. The van der Waals surface area contributed by atoms with Crippen LogP contribution in [-0.4, -0.2) is 21.8 Å².